The van der Waals surface area contributed by atoms with Gasteiger partial charge < -0.3 is 24.4 Å². The minimum absolute atomic E-state index is 0.0184. The molecule has 11 nitrogen and oxygen atoms in total. The third-order valence-electron chi connectivity index (χ3n) is 10.8. The Balaban J connectivity index is 1.99. The van der Waals surface area contributed by atoms with Crippen LogP contribution in [0, 0.1) is 11.8 Å². The number of rotatable bonds is 21. The SMILES string of the molecule is CCCCCCCC(=O)CCCC(=O)C[C@@H](CCCCC)C(=O)N(C)[C@@H]1C(=O)C[C@@H](C)C(=O)N[C@H](C(=O)OC)Cc2ccc(OC)c(c2)-c2cc1ccc2OC. The molecule has 1 aliphatic heterocycles. The molecule has 1 N–H and O–H groups in total. The van der Waals surface area contributed by atoms with E-state index in [-0.39, 0.29) is 48.9 Å². The molecule has 2 aromatic rings. The van der Waals surface area contributed by atoms with Crippen molar-refractivity contribution < 1.29 is 43.0 Å². The Bertz CT molecular complexity index is 1650. The highest BCUT2D eigenvalue weighted by molar-refractivity contribution is 5.96. The first-order valence-corrected chi connectivity index (χ1v) is 20.4. The zero-order valence-corrected chi connectivity index (χ0v) is 34.7. The number of ketones is 3. The number of carbonyl (C=O) groups is 6. The Hall–Kier alpha value is -4.54. The van der Waals surface area contributed by atoms with Gasteiger partial charge in [0, 0.05) is 68.5 Å². The van der Waals surface area contributed by atoms with E-state index in [0.29, 0.717) is 53.9 Å². The minimum Gasteiger partial charge on any atom is -0.496 e. The number of hydrogen-bond donors (Lipinski definition) is 1. The maximum absolute atomic E-state index is 14.5. The van der Waals surface area contributed by atoms with E-state index >= 15 is 0 Å². The molecule has 0 saturated carbocycles. The first kappa shape index (κ1) is 45.8. The molecule has 0 saturated heterocycles. The predicted octanol–water partition coefficient (Wildman–Crippen LogP) is 7.94. The van der Waals surface area contributed by atoms with E-state index in [1.165, 1.54) is 25.5 Å². The molecule has 1 aliphatic rings. The molecule has 4 atom stereocenters. The topological polar surface area (TPSA) is 145 Å². The predicted molar refractivity (Wildman–Crippen MR) is 216 cm³/mol. The van der Waals surface area contributed by atoms with Gasteiger partial charge in [-0.2, -0.15) is 0 Å². The van der Waals surface area contributed by atoms with E-state index in [0.717, 1.165) is 50.5 Å². The van der Waals surface area contributed by atoms with E-state index < -0.39 is 35.8 Å². The summed E-state index contributed by atoms with van der Waals surface area (Å²) in [5.41, 5.74) is 2.47. The van der Waals surface area contributed by atoms with Crippen LogP contribution < -0.4 is 14.8 Å². The van der Waals surface area contributed by atoms with Crippen LogP contribution in [0.2, 0.25) is 0 Å². The third kappa shape index (κ3) is 13.3. The molecule has 0 spiro atoms. The molecule has 1 heterocycles. The van der Waals surface area contributed by atoms with Crippen molar-refractivity contribution in [2.24, 2.45) is 11.8 Å². The van der Waals surface area contributed by atoms with Crippen LogP contribution in [0.4, 0.5) is 0 Å². The van der Waals surface area contributed by atoms with Crippen LogP contribution in [0.25, 0.3) is 11.1 Å². The van der Waals surface area contributed by atoms with Gasteiger partial charge in [0.15, 0.2) is 5.78 Å². The molecule has 56 heavy (non-hydrogen) atoms. The summed E-state index contributed by atoms with van der Waals surface area (Å²) in [6, 6.07) is 8.59. The normalized spacial score (nSPS) is 17.6. The van der Waals surface area contributed by atoms with Crippen molar-refractivity contribution in [3.63, 3.8) is 0 Å². The smallest absolute Gasteiger partial charge is 0.328 e. The van der Waals surface area contributed by atoms with E-state index in [9.17, 15) is 28.8 Å². The number of benzene rings is 2. The number of likely N-dealkylation sites (N-methyl/N-ethyl adjacent to an activating group) is 1. The Morgan fingerprint density at radius 1 is 0.768 bits per heavy atom. The second-order valence-corrected chi connectivity index (χ2v) is 15.2. The zero-order chi connectivity index (χ0) is 41.2. The summed E-state index contributed by atoms with van der Waals surface area (Å²) in [7, 11) is 5.91. The van der Waals surface area contributed by atoms with Crippen LogP contribution in [-0.2, 0) is 39.9 Å². The molecular formula is C45H64N2O9. The number of hydrogen-bond acceptors (Lipinski definition) is 9. The summed E-state index contributed by atoms with van der Waals surface area (Å²) >= 11 is 0. The lowest BCUT2D eigenvalue weighted by Crippen LogP contribution is -2.46. The number of ether oxygens (including phenoxy) is 3. The monoisotopic (exact) mass is 776 g/mol. The highest BCUT2D eigenvalue weighted by Crippen LogP contribution is 2.40. The Morgan fingerprint density at radius 2 is 1.38 bits per heavy atom. The second kappa shape index (κ2) is 23.5. The molecule has 2 amide bonds. The van der Waals surface area contributed by atoms with Gasteiger partial charge in [-0.25, -0.2) is 4.79 Å². The van der Waals surface area contributed by atoms with Crippen LogP contribution >= 0.6 is 0 Å². The lowest BCUT2D eigenvalue weighted by Gasteiger charge is -2.32. The molecule has 0 radical (unpaired) electrons. The number of methoxy groups -OCH3 is 3. The fourth-order valence-electron chi connectivity index (χ4n) is 7.49. The highest BCUT2D eigenvalue weighted by atomic mass is 16.5. The largest absolute Gasteiger partial charge is 0.496 e. The van der Waals surface area contributed by atoms with Crippen LogP contribution in [0.15, 0.2) is 36.4 Å². The maximum atomic E-state index is 14.5. The van der Waals surface area contributed by atoms with Crippen LogP contribution in [0.5, 0.6) is 11.5 Å². The first-order valence-electron chi connectivity index (χ1n) is 20.4. The quantitative estimate of drug-likeness (QED) is 0.0987. The second-order valence-electron chi connectivity index (χ2n) is 15.2. The van der Waals surface area contributed by atoms with Gasteiger partial charge >= 0.3 is 5.97 Å². The van der Waals surface area contributed by atoms with E-state index in [1.54, 1.807) is 45.3 Å². The van der Waals surface area contributed by atoms with Crippen molar-refractivity contribution in [2.75, 3.05) is 28.4 Å². The summed E-state index contributed by atoms with van der Waals surface area (Å²) in [5.74, 6) is -2.23. The van der Waals surface area contributed by atoms with Gasteiger partial charge in [0.25, 0.3) is 0 Å². The number of unbranched alkanes of at least 4 members (excludes halogenated alkanes) is 6. The molecule has 11 heteroatoms. The molecule has 4 bridgehead atoms. The van der Waals surface area contributed by atoms with Gasteiger partial charge in [0.2, 0.25) is 11.8 Å². The lowest BCUT2D eigenvalue weighted by molar-refractivity contribution is -0.146. The van der Waals surface area contributed by atoms with Crippen molar-refractivity contribution in [3.8, 4) is 22.6 Å². The first-order chi connectivity index (χ1) is 26.9. The van der Waals surface area contributed by atoms with Crippen molar-refractivity contribution in [2.45, 2.75) is 136 Å². The number of nitrogens with zero attached hydrogens (tertiary/aromatic N) is 1. The molecule has 2 aromatic carbocycles. The van der Waals surface area contributed by atoms with Crippen LogP contribution in [0.1, 0.15) is 134 Å². The molecule has 308 valence electrons. The fraction of sp³-hybridized carbons (Fsp3) is 0.600. The molecule has 0 aliphatic carbocycles. The molecule has 3 rings (SSSR count). The molecule has 0 unspecified atom stereocenters. The Kier molecular flexibility index (Phi) is 19.2. The van der Waals surface area contributed by atoms with Crippen molar-refractivity contribution in [1.82, 2.24) is 10.2 Å². The lowest BCUT2D eigenvalue weighted by atomic mass is 9.88. The number of Topliss-reactive ketones (excluding diaryl/α,β-unsaturated/α-hetero) is 3. The average molecular weight is 777 g/mol. The van der Waals surface area contributed by atoms with Crippen LogP contribution in [-0.4, -0.2) is 74.5 Å². The van der Waals surface area contributed by atoms with Gasteiger partial charge in [0.05, 0.1) is 21.3 Å². The van der Waals surface area contributed by atoms with Gasteiger partial charge in [-0.15, -0.1) is 0 Å². The summed E-state index contributed by atoms with van der Waals surface area (Å²) in [6.45, 7) is 5.84. The Morgan fingerprint density at radius 3 is 2.04 bits per heavy atom. The van der Waals surface area contributed by atoms with Gasteiger partial charge in [-0.1, -0.05) is 77.8 Å². The minimum atomic E-state index is -1.10. The summed E-state index contributed by atoms with van der Waals surface area (Å²) in [4.78, 5) is 82.6. The number of fused-ring (bicyclic) bond motifs is 5. The number of carbonyl (C=O) groups excluding carboxylic acids is 6. The van der Waals surface area contributed by atoms with Gasteiger partial charge in [-0.3, -0.25) is 24.0 Å². The molecular weight excluding hydrogens is 712 g/mol. The van der Waals surface area contributed by atoms with Crippen LogP contribution in [0.3, 0.4) is 0 Å². The van der Waals surface area contributed by atoms with E-state index in [2.05, 4.69) is 19.2 Å². The number of amides is 2. The molecule has 0 aromatic heterocycles. The summed E-state index contributed by atoms with van der Waals surface area (Å²) in [6.07, 6.45) is 9.89. The third-order valence-corrected chi connectivity index (χ3v) is 10.8. The van der Waals surface area contributed by atoms with Crippen molar-refractivity contribution in [1.29, 1.82) is 0 Å². The van der Waals surface area contributed by atoms with Gasteiger partial charge in [0.1, 0.15) is 35.1 Å². The zero-order valence-electron chi connectivity index (χ0n) is 34.7. The molecule has 0 fully saturated rings. The standard InChI is InChI=1S/C45H64N2O9/c1-8-10-12-13-15-18-34(48)19-16-20-35(49)28-33(17-14-11-9-2)44(52)47(4)42-32-22-24-41(55-6)37(29-32)36-26-31(21-23-40(36)54-5)27-38(45(53)56-7)46-43(51)30(3)25-39(42)50/h21-24,26,29-30,33,38,42H,8-20,25,27-28H2,1-7H3,(H,46,51)/t30-,33-,38+,42+/m1/s1. The van der Waals surface area contributed by atoms with E-state index in [4.69, 9.17) is 14.2 Å². The summed E-state index contributed by atoms with van der Waals surface area (Å²) in [5, 5.41) is 2.77. The van der Waals surface area contributed by atoms with E-state index in [1.807, 2.05) is 12.1 Å². The summed E-state index contributed by atoms with van der Waals surface area (Å²) < 4.78 is 16.5. The fourth-order valence-corrected chi connectivity index (χ4v) is 7.49. The highest BCUT2D eigenvalue weighted by Gasteiger charge is 2.36. The van der Waals surface area contributed by atoms with Crippen molar-refractivity contribution in [3.05, 3.63) is 47.5 Å². The Labute approximate surface area is 333 Å². The number of nitrogens with one attached hydrogen (secondary N) is 1. The van der Waals surface area contributed by atoms with Crippen molar-refractivity contribution >= 4 is 35.1 Å². The number of esters is 1. The average Bonchev–Trinajstić information content (AvgIpc) is 3.19. The maximum Gasteiger partial charge on any atom is 0.328 e. The van der Waals surface area contributed by atoms with Gasteiger partial charge in [-0.05, 0) is 54.7 Å².